The van der Waals surface area contributed by atoms with Gasteiger partial charge in [-0.2, -0.15) is 0 Å². The van der Waals surface area contributed by atoms with Crippen LogP contribution in [0.15, 0.2) is 49.2 Å². The molecule has 6 nitrogen and oxygen atoms in total. The first-order chi connectivity index (χ1) is 14.4. The fraction of sp³-hybridized carbons (Fsp3) is 0.190. The van der Waals surface area contributed by atoms with Crippen LogP contribution in [-0.4, -0.2) is 24.9 Å². The summed E-state index contributed by atoms with van der Waals surface area (Å²) >= 11 is 0. The van der Waals surface area contributed by atoms with Crippen LogP contribution in [0, 0.1) is 12.7 Å². The van der Waals surface area contributed by atoms with E-state index in [1.54, 1.807) is 32.4 Å². The molecule has 4 aromatic rings. The van der Waals surface area contributed by atoms with Gasteiger partial charge in [-0.25, -0.2) is 38.1 Å². The van der Waals surface area contributed by atoms with Gasteiger partial charge in [0.1, 0.15) is 23.8 Å². The maximum absolute atomic E-state index is 14.6. The third kappa shape index (κ3) is 3.78. The van der Waals surface area contributed by atoms with Crippen molar-refractivity contribution in [1.29, 1.82) is 0 Å². The fourth-order valence-electron chi connectivity index (χ4n) is 3.19. The molecule has 3 aromatic heterocycles. The Morgan fingerprint density at radius 3 is 2.43 bits per heavy atom. The molecule has 30 heavy (non-hydrogen) atoms. The van der Waals surface area contributed by atoms with E-state index in [0.717, 1.165) is 17.2 Å². The van der Waals surface area contributed by atoms with E-state index in [2.05, 4.69) is 30.2 Å². The zero-order valence-corrected chi connectivity index (χ0v) is 16.1. The lowest BCUT2D eigenvalue weighted by molar-refractivity contribution is 0.146. The van der Waals surface area contributed by atoms with Crippen LogP contribution in [0.1, 0.15) is 36.3 Å². The number of halogens is 3. The summed E-state index contributed by atoms with van der Waals surface area (Å²) in [6.45, 7) is 3.40. The van der Waals surface area contributed by atoms with Crippen molar-refractivity contribution in [2.24, 2.45) is 0 Å². The molecule has 4 rings (SSSR count). The summed E-state index contributed by atoms with van der Waals surface area (Å²) in [6.07, 6.45) is 3.52. The summed E-state index contributed by atoms with van der Waals surface area (Å²) in [7, 11) is 0. The van der Waals surface area contributed by atoms with Gasteiger partial charge in [-0.1, -0.05) is 18.2 Å². The molecule has 0 aliphatic carbocycles. The third-order valence-electron chi connectivity index (χ3n) is 4.67. The van der Waals surface area contributed by atoms with E-state index in [0.29, 0.717) is 22.7 Å². The molecule has 9 heteroatoms. The molecule has 0 bridgehead atoms. The Morgan fingerprint density at radius 1 is 0.967 bits per heavy atom. The minimum Gasteiger partial charge on any atom is -0.363 e. The van der Waals surface area contributed by atoms with Gasteiger partial charge in [-0.05, 0) is 19.9 Å². The molecule has 1 atom stereocenters. The van der Waals surface area contributed by atoms with Crippen LogP contribution in [0.25, 0.3) is 22.2 Å². The van der Waals surface area contributed by atoms with Gasteiger partial charge in [0, 0.05) is 35.3 Å². The molecular formula is C21H17F3N6. The molecule has 1 aromatic carbocycles. The zero-order valence-electron chi connectivity index (χ0n) is 16.1. The van der Waals surface area contributed by atoms with Crippen molar-refractivity contribution in [3.05, 3.63) is 72.0 Å². The largest absolute Gasteiger partial charge is 0.363 e. The Morgan fingerprint density at radius 2 is 1.70 bits per heavy atom. The molecule has 0 aliphatic heterocycles. The summed E-state index contributed by atoms with van der Waals surface area (Å²) in [5, 5.41) is 3.73. The summed E-state index contributed by atoms with van der Waals surface area (Å²) in [6, 6.07) is 5.18. The first kappa shape index (κ1) is 19.7. The lowest BCUT2D eigenvalue weighted by atomic mass is 10.0. The Balaban J connectivity index is 1.76. The predicted octanol–water partition coefficient (Wildman–Crippen LogP) is 5.04. The summed E-state index contributed by atoms with van der Waals surface area (Å²) in [5.74, 6) is -0.0248. The molecule has 0 saturated carbocycles. The van der Waals surface area contributed by atoms with Crippen molar-refractivity contribution in [3.63, 3.8) is 0 Å². The van der Waals surface area contributed by atoms with Gasteiger partial charge >= 0.3 is 0 Å². The molecular weight excluding hydrogens is 393 g/mol. The van der Waals surface area contributed by atoms with E-state index in [-0.39, 0.29) is 5.56 Å². The van der Waals surface area contributed by atoms with Gasteiger partial charge in [-0.3, -0.25) is 0 Å². The number of anilines is 1. The average molecular weight is 410 g/mol. The van der Waals surface area contributed by atoms with Crippen molar-refractivity contribution in [2.45, 2.75) is 26.3 Å². The van der Waals surface area contributed by atoms with E-state index in [4.69, 9.17) is 0 Å². The van der Waals surface area contributed by atoms with E-state index < -0.39 is 23.8 Å². The van der Waals surface area contributed by atoms with Crippen LogP contribution in [-0.2, 0) is 0 Å². The number of rotatable bonds is 5. The topological polar surface area (TPSA) is 76.5 Å². The maximum atomic E-state index is 14.6. The van der Waals surface area contributed by atoms with Gasteiger partial charge < -0.3 is 5.32 Å². The third-order valence-corrected chi connectivity index (χ3v) is 4.67. The lowest BCUT2D eigenvalue weighted by Gasteiger charge is -2.18. The van der Waals surface area contributed by atoms with Crippen LogP contribution in [0.2, 0.25) is 0 Å². The van der Waals surface area contributed by atoms with E-state index >= 15 is 0 Å². The Hall–Kier alpha value is -3.62. The van der Waals surface area contributed by atoms with E-state index in [9.17, 15) is 13.2 Å². The number of aryl methyl sites for hydroxylation is 1. The molecule has 3 heterocycles. The highest BCUT2D eigenvalue weighted by atomic mass is 19.3. The van der Waals surface area contributed by atoms with E-state index in [1.807, 2.05) is 6.07 Å². The SMILES string of the molecule is Cc1nc(N[C@H](C)c2cccc(C(F)F)c2F)c2cc(-c3cncnc3)cnc2n1. The van der Waals surface area contributed by atoms with Crippen molar-refractivity contribution >= 4 is 16.9 Å². The molecule has 152 valence electrons. The second-order valence-electron chi connectivity index (χ2n) is 6.76. The second kappa shape index (κ2) is 8.02. The first-order valence-electron chi connectivity index (χ1n) is 9.17. The maximum Gasteiger partial charge on any atom is 0.266 e. The molecule has 1 N–H and O–H groups in total. The molecule has 0 amide bonds. The number of fused-ring (bicyclic) bond motifs is 1. The summed E-state index contributed by atoms with van der Waals surface area (Å²) < 4.78 is 40.7. The Bertz CT molecular complexity index is 1200. The smallest absolute Gasteiger partial charge is 0.266 e. The van der Waals surface area contributed by atoms with Crippen LogP contribution in [0.3, 0.4) is 0 Å². The van der Waals surface area contributed by atoms with Crippen molar-refractivity contribution in [2.75, 3.05) is 5.32 Å². The molecule has 0 unspecified atom stereocenters. The highest BCUT2D eigenvalue weighted by Crippen LogP contribution is 2.31. The summed E-state index contributed by atoms with van der Waals surface area (Å²) in [4.78, 5) is 21.2. The molecule has 0 spiro atoms. The highest BCUT2D eigenvalue weighted by Gasteiger charge is 2.20. The quantitative estimate of drug-likeness (QED) is 0.497. The van der Waals surface area contributed by atoms with Crippen LogP contribution >= 0.6 is 0 Å². The number of hydrogen-bond acceptors (Lipinski definition) is 6. The molecule has 0 radical (unpaired) electrons. The standard InChI is InChI=1S/C21H17F3N6/c1-11(15-4-3-5-16(18(15)22)19(23)24)28-21-17-6-13(14-7-25-10-26-8-14)9-27-20(17)29-12(2)30-21/h3-11,19H,1-2H3,(H,27,28,29,30)/t11-/m1/s1. The minimum atomic E-state index is -2.89. The van der Waals surface area contributed by atoms with Gasteiger partial charge in [0.05, 0.1) is 17.0 Å². The number of pyridine rings is 1. The van der Waals surface area contributed by atoms with Crippen molar-refractivity contribution in [3.8, 4) is 11.1 Å². The lowest BCUT2D eigenvalue weighted by Crippen LogP contribution is -2.12. The zero-order chi connectivity index (χ0) is 21.3. The molecule has 0 saturated heterocycles. The fourth-order valence-corrected chi connectivity index (χ4v) is 3.19. The van der Waals surface area contributed by atoms with Gasteiger partial charge in [0.15, 0.2) is 5.65 Å². The second-order valence-corrected chi connectivity index (χ2v) is 6.76. The predicted molar refractivity (Wildman–Crippen MR) is 106 cm³/mol. The van der Waals surface area contributed by atoms with Gasteiger partial charge in [-0.15, -0.1) is 0 Å². The number of aromatic nitrogens is 5. The highest BCUT2D eigenvalue weighted by molar-refractivity contribution is 5.90. The number of hydrogen-bond donors (Lipinski definition) is 1. The number of nitrogens with zero attached hydrogens (tertiary/aromatic N) is 5. The van der Waals surface area contributed by atoms with Gasteiger partial charge in [0.25, 0.3) is 6.43 Å². The van der Waals surface area contributed by atoms with Crippen molar-refractivity contribution < 1.29 is 13.2 Å². The number of nitrogens with one attached hydrogen (secondary N) is 1. The van der Waals surface area contributed by atoms with Crippen LogP contribution in [0.5, 0.6) is 0 Å². The normalized spacial score (nSPS) is 12.3. The Kier molecular flexibility index (Phi) is 5.26. The molecule has 0 aliphatic rings. The van der Waals surface area contributed by atoms with Crippen LogP contribution in [0.4, 0.5) is 19.0 Å². The first-order valence-corrected chi connectivity index (χ1v) is 9.17. The van der Waals surface area contributed by atoms with Crippen LogP contribution < -0.4 is 5.32 Å². The number of alkyl halides is 2. The van der Waals surface area contributed by atoms with Crippen molar-refractivity contribution in [1.82, 2.24) is 24.9 Å². The molecule has 0 fully saturated rings. The summed E-state index contributed by atoms with van der Waals surface area (Å²) in [5.41, 5.74) is 1.48. The Labute approximate surface area is 170 Å². The monoisotopic (exact) mass is 410 g/mol. The van der Waals surface area contributed by atoms with E-state index in [1.165, 1.54) is 18.5 Å². The average Bonchev–Trinajstić information content (AvgIpc) is 2.74. The number of benzene rings is 1. The minimum absolute atomic E-state index is 0.123. The van der Waals surface area contributed by atoms with Gasteiger partial charge in [0.2, 0.25) is 0 Å².